The van der Waals surface area contributed by atoms with Gasteiger partial charge in [0.05, 0.1) is 5.02 Å². The number of benzene rings is 1. The minimum atomic E-state index is 0.538. The van der Waals surface area contributed by atoms with E-state index >= 15 is 0 Å². The van der Waals surface area contributed by atoms with E-state index in [9.17, 15) is 0 Å². The van der Waals surface area contributed by atoms with Crippen LogP contribution in [0.4, 0.5) is 0 Å². The van der Waals surface area contributed by atoms with Crippen LogP contribution in [0.15, 0.2) is 29.0 Å². The Morgan fingerprint density at radius 1 is 1.41 bits per heavy atom. The average Bonchev–Trinajstić information content (AvgIpc) is 2.69. The molecule has 5 heteroatoms. The molecule has 0 saturated heterocycles. The van der Waals surface area contributed by atoms with Gasteiger partial charge < -0.3 is 4.57 Å². The molecule has 1 heterocycles. The first kappa shape index (κ1) is 12.6. The molecule has 0 saturated carbocycles. The molecule has 0 aliphatic rings. The Kier molecular flexibility index (Phi) is 3.84. The first-order valence-corrected chi connectivity index (χ1v) is 6.59. The van der Waals surface area contributed by atoms with E-state index in [-0.39, 0.29) is 0 Å². The van der Waals surface area contributed by atoms with E-state index in [0.29, 0.717) is 10.9 Å². The first-order valence-electron chi connectivity index (χ1n) is 5.41. The van der Waals surface area contributed by atoms with Gasteiger partial charge in [-0.3, -0.25) is 0 Å². The Hall–Kier alpha value is -0.870. The zero-order valence-corrected chi connectivity index (χ0v) is 12.0. The van der Waals surface area contributed by atoms with Crippen LogP contribution in [-0.4, -0.2) is 14.8 Å². The molecule has 2 rings (SSSR count). The molecule has 0 unspecified atom stereocenters. The number of hydrogen-bond donors (Lipinski definition) is 0. The van der Waals surface area contributed by atoms with E-state index < -0.39 is 0 Å². The molecule has 1 aromatic carbocycles. The molecule has 0 bridgehead atoms. The van der Waals surface area contributed by atoms with E-state index in [4.69, 9.17) is 11.6 Å². The number of aromatic nitrogens is 3. The normalized spacial score (nSPS) is 11.1. The fraction of sp³-hybridized carbons (Fsp3) is 0.333. The molecule has 0 atom stereocenters. The molecule has 0 aliphatic heterocycles. The molecule has 0 amide bonds. The van der Waals surface area contributed by atoms with Gasteiger partial charge in [0.1, 0.15) is 6.33 Å². The average molecular weight is 315 g/mol. The van der Waals surface area contributed by atoms with Crippen molar-refractivity contribution in [2.75, 3.05) is 0 Å². The number of halogens is 2. The highest BCUT2D eigenvalue weighted by atomic mass is 79.9. The molecule has 0 spiro atoms. The predicted octanol–water partition coefficient (Wildman–Crippen LogP) is 4.02. The summed E-state index contributed by atoms with van der Waals surface area (Å²) < 4.78 is 2.90. The summed E-state index contributed by atoms with van der Waals surface area (Å²) in [6.07, 6.45) is 1.74. The number of rotatable bonds is 3. The van der Waals surface area contributed by atoms with Crippen LogP contribution >= 0.6 is 27.5 Å². The van der Waals surface area contributed by atoms with Crippen LogP contribution in [0.5, 0.6) is 0 Å². The third-order valence-corrected chi connectivity index (χ3v) is 3.67. The lowest BCUT2D eigenvalue weighted by atomic mass is 10.2. The van der Waals surface area contributed by atoms with E-state index in [1.54, 1.807) is 6.33 Å². The van der Waals surface area contributed by atoms with Gasteiger partial charge in [0.15, 0.2) is 5.82 Å². The third-order valence-electron chi connectivity index (χ3n) is 2.37. The largest absolute Gasteiger partial charge is 0.313 e. The smallest absolute Gasteiger partial charge is 0.165 e. The van der Waals surface area contributed by atoms with E-state index in [1.165, 1.54) is 0 Å². The van der Waals surface area contributed by atoms with Crippen molar-refractivity contribution in [2.45, 2.75) is 20.4 Å². The predicted molar refractivity (Wildman–Crippen MR) is 73.0 cm³/mol. The summed E-state index contributed by atoms with van der Waals surface area (Å²) in [6.45, 7) is 5.20. The molecule has 1 aromatic heterocycles. The fourth-order valence-corrected chi connectivity index (χ4v) is 2.24. The summed E-state index contributed by atoms with van der Waals surface area (Å²) in [5, 5.41) is 8.78. The minimum Gasteiger partial charge on any atom is -0.313 e. The second-order valence-corrected chi connectivity index (χ2v) is 5.53. The molecule has 3 nitrogen and oxygen atoms in total. The summed E-state index contributed by atoms with van der Waals surface area (Å²) in [5.74, 6) is 1.35. The van der Waals surface area contributed by atoms with Crippen molar-refractivity contribution in [2.24, 2.45) is 5.92 Å². The van der Waals surface area contributed by atoms with Gasteiger partial charge in [-0.15, -0.1) is 10.2 Å². The second kappa shape index (κ2) is 5.19. The second-order valence-electron chi connectivity index (χ2n) is 4.30. The number of nitrogens with zero attached hydrogens (tertiary/aromatic N) is 3. The third kappa shape index (κ3) is 2.69. The van der Waals surface area contributed by atoms with Crippen molar-refractivity contribution in [3.63, 3.8) is 0 Å². The summed E-state index contributed by atoms with van der Waals surface area (Å²) in [5.41, 5.74) is 0.902. The van der Waals surface area contributed by atoms with Crippen LogP contribution in [0.3, 0.4) is 0 Å². The zero-order chi connectivity index (χ0) is 12.4. The van der Waals surface area contributed by atoms with Crippen molar-refractivity contribution < 1.29 is 0 Å². The van der Waals surface area contributed by atoms with Gasteiger partial charge in [0.25, 0.3) is 0 Å². The lowest BCUT2D eigenvalue weighted by Crippen LogP contribution is -2.05. The lowest BCUT2D eigenvalue weighted by Gasteiger charge is -2.10. The maximum absolute atomic E-state index is 6.27. The van der Waals surface area contributed by atoms with Gasteiger partial charge in [-0.1, -0.05) is 31.5 Å². The van der Waals surface area contributed by atoms with Crippen LogP contribution in [0.1, 0.15) is 13.8 Å². The maximum Gasteiger partial charge on any atom is 0.165 e. The van der Waals surface area contributed by atoms with Crippen molar-refractivity contribution in [3.05, 3.63) is 34.0 Å². The fourth-order valence-electron chi connectivity index (χ4n) is 1.67. The first-order chi connectivity index (χ1) is 8.09. The standard InChI is InChI=1S/C12H13BrClN3/c1-8(2)6-17-7-15-16-12(17)9-4-3-5-10(13)11(9)14/h3-5,7-8H,6H2,1-2H3. The van der Waals surface area contributed by atoms with Gasteiger partial charge in [0.2, 0.25) is 0 Å². The Balaban J connectivity index is 2.46. The Morgan fingerprint density at radius 2 is 2.18 bits per heavy atom. The monoisotopic (exact) mass is 313 g/mol. The lowest BCUT2D eigenvalue weighted by molar-refractivity contribution is 0.525. The van der Waals surface area contributed by atoms with Crippen molar-refractivity contribution >= 4 is 27.5 Å². The van der Waals surface area contributed by atoms with Crippen LogP contribution in [0, 0.1) is 5.92 Å². The quantitative estimate of drug-likeness (QED) is 0.857. The van der Waals surface area contributed by atoms with Crippen LogP contribution in [0.25, 0.3) is 11.4 Å². The van der Waals surface area contributed by atoms with Crippen LogP contribution < -0.4 is 0 Å². The van der Waals surface area contributed by atoms with Crippen molar-refractivity contribution in [3.8, 4) is 11.4 Å². The maximum atomic E-state index is 6.27. The molecule has 0 aliphatic carbocycles. The molecule has 90 valence electrons. The number of hydrogen-bond acceptors (Lipinski definition) is 2. The minimum absolute atomic E-state index is 0.538. The molecule has 17 heavy (non-hydrogen) atoms. The Bertz CT molecular complexity index is 522. The highest BCUT2D eigenvalue weighted by molar-refractivity contribution is 9.10. The molecule has 0 fully saturated rings. The van der Waals surface area contributed by atoms with Crippen molar-refractivity contribution in [1.82, 2.24) is 14.8 Å². The van der Waals surface area contributed by atoms with Gasteiger partial charge in [-0.05, 0) is 34.0 Å². The summed E-state index contributed by atoms with van der Waals surface area (Å²) in [7, 11) is 0. The van der Waals surface area contributed by atoms with Gasteiger partial charge >= 0.3 is 0 Å². The molecule has 0 radical (unpaired) electrons. The van der Waals surface area contributed by atoms with Gasteiger partial charge in [-0.2, -0.15) is 0 Å². The highest BCUT2D eigenvalue weighted by Crippen LogP contribution is 2.32. The van der Waals surface area contributed by atoms with Crippen LogP contribution in [-0.2, 0) is 6.54 Å². The van der Waals surface area contributed by atoms with Gasteiger partial charge in [-0.25, -0.2) is 0 Å². The summed E-state index contributed by atoms with van der Waals surface area (Å²) in [4.78, 5) is 0. The molecule has 0 N–H and O–H groups in total. The highest BCUT2D eigenvalue weighted by Gasteiger charge is 2.13. The van der Waals surface area contributed by atoms with E-state index in [2.05, 4.69) is 40.0 Å². The topological polar surface area (TPSA) is 30.7 Å². The van der Waals surface area contributed by atoms with Crippen molar-refractivity contribution in [1.29, 1.82) is 0 Å². The zero-order valence-electron chi connectivity index (χ0n) is 9.69. The van der Waals surface area contributed by atoms with Gasteiger partial charge in [0, 0.05) is 16.6 Å². The van der Waals surface area contributed by atoms with E-state index in [0.717, 1.165) is 22.4 Å². The molecular formula is C12H13BrClN3. The Morgan fingerprint density at radius 3 is 2.88 bits per heavy atom. The Labute approximate surface area is 114 Å². The van der Waals surface area contributed by atoms with Crippen LogP contribution in [0.2, 0.25) is 5.02 Å². The SMILES string of the molecule is CC(C)Cn1cnnc1-c1cccc(Br)c1Cl. The molecular weight excluding hydrogens is 302 g/mol. The summed E-state index contributed by atoms with van der Waals surface area (Å²) >= 11 is 9.68. The van der Waals surface area contributed by atoms with E-state index in [1.807, 2.05) is 22.8 Å². The summed E-state index contributed by atoms with van der Waals surface area (Å²) in [6, 6.07) is 5.81. The molecule has 2 aromatic rings.